The summed E-state index contributed by atoms with van der Waals surface area (Å²) in [6.07, 6.45) is 6.44. The molecule has 0 aliphatic carbocycles. The number of unbranched alkanes of at least 4 members (excludes halogenated alkanes) is 1. The molecule has 2 heterocycles. The zero-order chi connectivity index (χ0) is 14.4. The molecule has 6 nitrogen and oxygen atoms in total. The number of aromatic nitrogens is 1. The Labute approximate surface area is 119 Å². The van der Waals surface area contributed by atoms with Gasteiger partial charge in [0.05, 0.1) is 12.1 Å². The second-order valence-corrected chi connectivity index (χ2v) is 5.16. The van der Waals surface area contributed by atoms with Gasteiger partial charge in [-0.15, -0.1) is 0 Å². The van der Waals surface area contributed by atoms with Gasteiger partial charge in [-0.25, -0.2) is 4.98 Å². The van der Waals surface area contributed by atoms with Crippen LogP contribution in [0.15, 0.2) is 10.7 Å². The molecule has 2 atom stereocenters. The molecule has 0 saturated carbocycles. The number of nitrogens with two attached hydrogens (primary N) is 1. The van der Waals surface area contributed by atoms with Crippen LogP contribution in [0.5, 0.6) is 0 Å². The summed E-state index contributed by atoms with van der Waals surface area (Å²) < 4.78 is 10.7. The highest BCUT2D eigenvalue weighted by atomic mass is 16.5. The minimum atomic E-state index is -0.241. The number of ether oxygens (including phenoxy) is 1. The third-order valence-electron chi connectivity index (χ3n) is 3.45. The van der Waals surface area contributed by atoms with Crippen LogP contribution in [0.4, 0.5) is 0 Å². The zero-order valence-corrected chi connectivity index (χ0v) is 11.9. The van der Waals surface area contributed by atoms with Crippen molar-refractivity contribution in [2.45, 2.75) is 51.2 Å². The number of nitrogens with zero attached hydrogens (tertiary/aromatic N) is 1. The molecule has 1 aromatic rings. The topological polar surface area (TPSA) is 90.4 Å². The lowest BCUT2D eigenvalue weighted by molar-refractivity contribution is 0.0853. The molecule has 0 radical (unpaired) electrons. The summed E-state index contributed by atoms with van der Waals surface area (Å²) >= 11 is 0. The highest BCUT2D eigenvalue weighted by Gasteiger charge is 2.19. The average molecular weight is 281 g/mol. The Kier molecular flexibility index (Phi) is 5.55. The number of amides is 1. The van der Waals surface area contributed by atoms with Crippen molar-refractivity contribution in [2.75, 3.05) is 13.2 Å². The van der Waals surface area contributed by atoms with Gasteiger partial charge >= 0.3 is 0 Å². The summed E-state index contributed by atoms with van der Waals surface area (Å²) in [7, 11) is 0. The normalized spacial score (nSPS) is 20.0. The molecule has 6 heteroatoms. The smallest absolute Gasteiger partial charge is 0.273 e. The van der Waals surface area contributed by atoms with Gasteiger partial charge in [-0.2, -0.15) is 0 Å². The van der Waals surface area contributed by atoms with Gasteiger partial charge in [0.15, 0.2) is 5.69 Å². The summed E-state index contributed by atoms with van der Waals surface area (Å²) in [4.78, 5) is 16.1. The number of carbonyl (C=O) groups is 1. The number of hydrogen-bond acceptors (Lipinski definition) is 5. The molecule has 20 heavy (non-hydrogen) atoms. The number of nitrogens with one attached hydrogen (secondary N) is 1. The first kappa shape index (κ1) is 15.0. The van der Waals surface area contributed by atoms with Gasteiger partial charge in [0.25, 0.3) is 5.91 Å². The van der Waals surface area contributed by atoms with Crippen LogP contribution in [0.3, 0.4) is 0 Å². The fraction of sp³-hybridized carbons (Fsp3) is 0.714. The zero-order valence-electron chi connectivity index (χ0n) is 11.9. The van der Waals surface area contributed by atoms with Crippen molar-refractivity contribution in [3.05, 3.63) is 17.8 Å². The molecule has 1 aliphatic heterocycles. The molecule has 1 aromatic heterocycles. The van der Waals surface area contributed by atoms with Gasteiger partial charge in [0.1, 0.15) is 6.26 Å². The Hall–Kier alpha value is -1.40. The van der Waals surface area contributed by atoms with Crippen LogP contribution < -0.4 is 11.1 Å². The summed E-state index contributed by atoms with van der Waals surface area (Å²) in [5, 5.41) is 2.81. The van der Waals surface area contributed by atoms with Crippen LogP contribution in [-0.2, 0) is 4.74 Å². The van der Waals surface area contributed by atoms with E-state index in [1.165, 1.54) is 6.26 Å². The van der Waals surface area contributed by atoms with E-state index >= 15 is 0 Å². The molecule has 3 N–H and O–H groups in total. The molecule has 1 aliphatic rings. The summed E-state index contributed by atoms with van der Waals surface area (Å²) in [5.41, 5.74) is 6.24. The Morgan fingerprint density at radius 3 is 3.20 bits per heavy atom. The van der Waals surface area contributed by atoms with Gasteiger partial charge in [-0.1, -0.05) is 19.8 Å². The van der Waals surface area contributed by atoms with Crippen molar-refractivity contribution in [3.63, 3.8) is 0 Å². The standard InChI is InChI=1S/C14H23N3O3/c1-2-3-6-11(15)14-17-12(9-20-14)13(18)16-8-10-5-4-7-19-10/h9-11H,2-8,15H2,1H3,(H,16,18). The molecule has 1 amide bonds. The summed E-state index contributed by atoms with van der Waals surface area (Å²) in [6, 6.07) is -0.241. The maximum Gasteiger partial charge on any atom is 0.273 e. The molecule has 2 rings (SSSR count). The van der Waals surface area contributed by atoms with E-state index < -0.39 is 0 Å². The maximum absolute atomic E-state index is 11.9. The molecule has 2 unspecified atom stereocenters. The number of oxazole rings is 1. The van der Waals surface area contributed by atoms with Crippen LogP contribution in [0, 0.1) is 0 Å². The molecular formula is C14H23N3O3. The van der Waals surface area contributed by atoms with E-state index in [0.717, 1.165) is 38.7 Å². The predicted molar refractivity (Wildman–Crippen MR) is 74.3 cm³/mol. The highest BCUT2D eigenvalue weighted by molar-refractivity contribution is 5.91. The molecular weight excluding hydrogens is 258 g/mol. The van der Waals surface area contributed by atoms with E-state index in [4.69, 9.17) is 14.9 Å². The minimum absolute atomic E-state index is 0.122. The summed E-state index contributed by atoms with van der Waals surface area (Å²) in [6.45, 7) is 3.40. The third kappa shape index (κ3) is 4.05. The molecule has 1 saturated heterocycles. The van der Waals surface area contributed by atoms with Crippen molar-refractivity contribution in [1.29, 1.82) is 0 Å². The lowest BCUT2D eigenvalue weighted by Gasteiger charge is -2.09. The highest BCUT2D eigenvalue weighted by Crippen LogP contribution is 2.16. The van der Waals surface area contributed by atoms with Crippen molar-refractivity contribution >= 4 is 5.91 Å². The second-order valence-electron chi connectivity index (χ2n) is 5.16. The Bertz CT molecular complexity index is 427. The van der Waals surface area contributed by atoms with Gasteiger partial charge in [-0.3, -0.25) is 4.79 Å². The van der Waals surface area contributed by atoms with E-state index in [2.05, 4.69) is 17.2 Å². The molecule has 0 spiro atoms. The third-order valence-corrected chi connectivity index (χ3v) is 3.45. The molecule has 0 bridgehead atoms. The van der Waals surface area contributed by atoms with E-state index in [1.54, 1.807) is 0 Å². The number of hydrogen-bond donors (Lipinski definition) is 2. The first-order valence-electron chi connectivity index (χ1n) is 7.31. The number of carbonyl (C=O) groups excluding carboxylic acids is 1. The SMILES string of the molecule is CCCCC(N)c1nc(C(=O)NCC2CCCO2)co1. The van der Waals surface area contributed by atoms with E-state index in [9.17, 15) is 4.79 Å². The van der Waals surface area contributed by atoms with E-state index in [-0.39, 0.29) is 23.7 Å². The summed E-state index contributed by atoms with van der Waals surface area (Å²) in [5.74, 6) is 0.193. The van der Waals surface area contributed by atoms with E-state index in [1.807, 2.05) is 0 Å². The number of rotatable bonds is 7. The van der Waals surface area contributed by atoms with Crippen molar-refractivity contribution in [2.24, 2.45) is 5.73 Å². The molecule has 112 valence electrons. The first-order valence-corrected chi connectivity index (χ1v) is 7.31. The fourth-order valence-corrected chi connectivity index (χ4v) is 2.21. The van der Waals surface area contributed by atoms with Crippen molar-refractivity contribution in [3.8, 4) is 0 Å². The van der Waals surface area contributed by atoms with Crippen LogP contribution >= 0.6 is 0 Å². The van der Waals surface area contributed by atoms with Gasteiger partial charge < -0.3 is 20.2 Å². The Balaban J connectivity index is 1.82. The second kappa shape index (κ2) is 7.40. The Morgan fingerprint density at radius 1 is 1.65 bits per heavy atom. The molecule has 0 aromatic carbocycles. The first-order chi connectivity index (χ1) is 9.70. The largest absolute Gasteiger partial charge is 0.446 e. The van der Waals surface area contributed by atoms with Crippen LogP contribution in [-0.4, -0.2) is 30.1 Å². The lowest BCUT2D eigenvalue weighted by atomic mass is 10.1. The molecule has 1 fully saturated rings. The van der Waals surface area contributed by atoms with Crippen LogP contribution in [0.25, 0.3) is 0 Å². The van der Waals surface area contributed by atoms with Crippen molar-refractivity contribution < 1.29 is 13.9 Å². The lowest BCUT2D eigenvalue weighted by Crippen LogP contribution is -2.32. The maximum atomic E-state index is 11.9. The van der Waals surface area contributed by atoms with Crippen LogP contribution in [0.1, 0.15) is 61.4 Å². The van der Waals surface area contributed by atoms with Gasteiger partial charge in [0.2, 0.25) is 5.89 Å². The van der Waals surface area contributed by atoms with Gasteiger partial charge in [-0.05, 0) is 19.3 Å². The van der Waals surface area contributed by atoms with Gasteiger partial charge in [0, 0.05) is 13.2 Å². The van der Waals surface area contributed by atoms with E-state index in [0.29, 0.717) is 12.4 Å². The Morgan fingerprint density at radius 2 is 2.50 bits per heavy atom. The fourth-order valence-electron chi connectivity index (χ4n) is 2.21. The average Bonchev–Trinajstić information content (AvgIpc) is 3.12. The monoisotopic (exact) mass is 281 g/mol. The minimum Gasteiger partial charge on any atom is -0.446 e. The van der Waals surface area contributed by atoms with Crippen molar-refractivity contribution in [1.82, 2.24) is 10.3 Å². The van der Waals surface area contributed by atoms with Crippen LogP contribution in [0.2, 0.25) is 0 Å². The quantitative estimate of drug-likeness (QED) is 0.795. The predicted octanol–water partition coefficient (Wildman–Crippen LogP) is 1.77.